The van der Waals surface area contributed by atoms with Crippen molar-refractivity contribution < 1.29 is 18.9 Å². The van der Waals surface area contributed by atoms with Crippen LogP contribution in [-0.2, 0) is 0 Å². The summed E-state index contributed by atoms with van der Waals surface area (Å²) >= 11 is 0. The SMILES string of the molecule is C[Si](C)(C)[N-]N([Si](C)(C)C)[Si](C)(C)C.[Li+]. The van der Waals surface area contributed by atoms with Gasteiger partial charge in [0, 0.05) is 0 Å². The molecule has 0 aromatic rings. The average Bonchev–Trinajstić information content (AvgIpc) is 1.75. The van der Waals surface area contributed by atoms with Crippen LogP contribution in [0, 0.1) is 0 Å². The topological polar surface area (TPSA) is 17.3 Å². The molecule has 0 aliphatic carbocycles. The van der Waals surface area contributed by atoms with Crippen LogP contribution in [0.5, 0.6) is 0 Å². The van der Waals surface area contributed by atoms with Gasteiger partial charge in [-0.1, -0.05) is 67.2 Å². The molecule has 0 aliphatic heterocycles. The maximum absolute atomic E-state index is 5.05. The maximum Gasteiger partial charge on any atom is 1.00 e. The molecule has 6 heteroatoms. The zero-order chi connectivity index (χ0) is 11.8. The molecule has 0 radical (unpaired) electrons. The molecular weight excluding hydrogens is 227 g/mol. The number of rotatable bonds is 4. The van der Waals surface area contributed by atoms with E-state index in [-0.39, 0.29) is 18.9 Å². The molecule has 0 amide bonds. The molecule has 0 spiro atoms. The first kappa shape index (κ1) is 18.5. The predicted octanol–water partition coefficient (Wildman–Crippen LogP) is 1.09. The van der Waals surface area contributed by atoms with E-state index in [1.807, 2.05) is 0 Å². The van der Waals surface area contributed by atoms with E-state index in [4.69, 9.17) is 5.09 Å². The number of hydrogen-bond acceptors (Lipinski definition) is 1. The molecule has 2 nitrogen and oxygen atoms in total. The number of nitrogens with zero attached hydrogens (tertiary/aromatic N) is 2. The van der Waals surface area contributed by atoms with E-state index in [1.54, 1.807) is 0 Å². The van der Waals surface area contributed by atoms with Crippen molar-refractivity contribution in [3.63, 3.8) is 0 Å². The van der Waals surface area contributed by atoms with Crippen molar-refractivity contribution in [3.05, 3.63) is 5.09 Å². The van der Waals surface area contributed by atoms with Crippen molar-refractivity contribution in [1.29, 1.82) is 0 Å². The molecule has 0 saturated heterocycles. The summed E-state index contributed by atoms with van der Waals surface area (Å²) in [4.78, 5) is 0. The van der Waals surface area contributed by atoms with Gasteiger partial charge in [0.1, 0.15) is 0 Å². The van der Waals surface area contributed by atoms with Crippen LogP contribution in [0.3, 0.4) is 0 Å². The summed E-state index contributed by atoms with van der Waals surface area (Å²) in [6.07, 6.45) is 0. The van der Waals surface area contributed by atoms with Gasteiger partial charge in [-0.3, -0.25) is 0 Å². The fourth-order valence-electron chi connectivity index (χ4n) is 1.61. The average molecular weight is 255 g/mol. The van der Waals surface area contributed by atoms with Crippen LogP contribution in [0.25, 0.3) is 5.09 Å². The third kappa shape index (κ3) is 7.97. The van der Waals surface area contributed by atoms with Crippen LogP contribution in [0.4, 0.5) is 0 Å². The molecule has 0 aromatic carbocycles. The molecule has 15 heavy (non-hydrogen) atoms. The molecule has 0 bridgehead atoms. The van der Waals surface area contributed by atoms with Gasteiger partial charge >= 0.3 is 18.9 Å². The first-order chi connectivity index (χ1) is 5.84. The Hall–Kier alpha value is 1.17. The van der Waals surface area contributed by atoms with E-state index in [1.165, 1.54) is 0 Å². The summed E-state index contributed by atoms with van der Waals surface area (Å²) in [6, 6.07) is 0. The molecule has 0 heterocycles. The van der Waals surface area contributed by atoms with Crippen molar-refractivity contribution >= 4 is 24.7 Å². The number of hydrogen-bond donors (Lipinski definition) is 0. The monoisotopic (exact) mass is 254 g/mol. The molecule has 0 N–H and O–H groups in total. The normalized spacial score (nSPS) is 14.0. The van der Waals surface area contributed by atoms with Crippen molar-refractivity contribution in [3.8, 4) is 0 Å². The fourth-order valence-corrected chi connectivity index (χ4v) is 14.5. The van der Waals surface area contributed by atoms with Gasteiger partial charge in [-0.25, -0.2) is 0 Å². The maximum atomic E-state index is 5.05. The van der Waals surface area contributed by atoms with E-state index < -0.39 is 24.7 Å². The Balaban J connectivity index is 0. The van der Waals surface area contributed by atoms with Crippen LogP contribution in [0.15, 0.2) is 0 Å². The summed E-state index contributed by atoms with van der Waals surface area (Å²) in [5.74, 6) is 0. The summed E-state index contributed by atoms with van der Waals surface area (Å²) in [5, 5.41) is 5.05. The van der Waals surface area contributed by atoms with Crippen molar-refractivity contribution in [1.82, 2.24) is 4.34 Å². The third-order valence-electron chi connectivity index (χ3n) is 1.67. The van der Waals surface area contributed by atoms with Crippen LogP contribution >= 0.6 is 0 Å². The third-order valence-corrected chi connectivity index (χ3v) is 9.64. The molecule has 0 aliphatic rings. The molecule has 86 valence electrons. The molecule has 0 aromatic heterocycles. The minimum absolute atomic E-state index is 0. The first-order valence-electron chi connectivity index (χ1n) is 5.37. The van der Waals surface area contributed by atoms with Crippen LogP contribution in [0.1, 0.15) is 0 Å². The van der Waals surface area contributed by atoms with E-state index in [0.717, 1.165) is 0 Å². The standard InChI is InChI=1S/C9H27N2Si3.Li/c1-12(2,3)10-11(13(4,5)6)14(7,8)9;/h1-9H3;/q-1;+1. The second-order valence-corrected chi connectivity index (χ2v) is 21.4. The minimum Gasteiger partial charge on any atom is -0.612 e. The van der Waals surface area contributed by atoms with Crippen molar-refractivity contribution in [2.45, 2.75) is 58.9 Å². The Morgan fingerprint density at radius 1 is 0.667 bits per heavy atom. The summed E-state index contributed by atoms with van der Waals surface area (Å²) in [6.45, 7) is 21.3. The van der Waals surface area contributed by atoms with Gasteiger partial charge in [-0.05, 0) is 0 Å². The van der Waals surface area contributed by atoms with Gasteiger partial charge in [0.2, 0.25) is 0 Å². The zero-order valence-corrected chi connectivity index (χ0v) is 15.4. The Morgan fingerprint density at radius 2 is 0.933 bits per heavy atom. The van der Waals surface area contributed by atoms with Gasteiger partial charge in [0.15, 0.2) is 0 Å². The summed E-state index contributed by atoms with van der Waals surface area (Å²) in [7, 11) is -3.86. The van der Waals surface area contributed by atoms with E-state index in [9.17, 15) is 0 Å². The van der Waals surface area contributed by atoms with E-state index in [2.05, 4.69) is 63.3 Å². The van der Waals surface area contributed by atoms with Crippen molar-refractivity contribution in [2.75, 3.05) is 0 Å². The molecule has 0 fully saturated rings. The van der Waals surface area contributed by atoms with Gasteiger partial charge in [0.25, 0.3) is 0 Å². The molecular formula is C9H27LiN2Si3. The Bertz CT molecular complexity index is 177. The Morgan fingerprint density at radius 3 is 1.00 bits per heavy atom. The second kappa shape index (κ2) is 5.67. The first-order valence-corrected chi connectivity index (χ1v) is 15.7. The summed E-state index contributed by atoms with van der Waals surface area (Å²) < 4.78 is 2.55. The van der Waals surface area contributed by atoms with Crippen molar-refractivity contribution in [2.24, 2.45) is 0 Å². The molecule has 0 saturated carbocycles. The van der Waals surface area contributed by atoms with Gasteiger partial charge < -0.3 is 9.43 Å². The van der Waals surface area contributed by atoms with E-state index in [0.29, 0.717) is 0 Å². The van der Waals surface area contributed by atoms with Gasteiger partial charge in [-0.15, -0.1) is 0 Å². The summed E-state index contributed by atoms with van der Waals surface area (Å²) in [5.41, 5.74) is 0. The van der Waals surface area contributed by atoms with Gasteiger partial charge in [0.05, 0.1) is 16.5 Å². The molecule has 0 rings (SSSR count). The Labute approximate surface area is 112 Å². The van der Waals surface area contributed by atoms with E-state index >= 15 is 0 Å². The predicted molar refractivity (Wildman–Crippen MR) is 75.2 cm³/mol. The molecule has 0 unspecified atom stereocenters. The minimum atomic E-state index is -1.32. The smallest absolute Gasteiger partial charge is 0.612 e. The zero-order valence-electron chi connectivity index (χ0n) is 12.4. The fraction of sp³-hybridized carbons (Fsp3) is 1.00. The quantitative estimate of drug-likeness (QED) is 0.542. The largest absolute Gasteiger partial charge is 1.00 e. The second-order valence-electron chi connectivity index (χ2n) is 6.92. The van der Waals surface area contributed by atoms with Crippen LogP contribution in [0.2, 0.25) is 58.9 Å². The van der Waals surface area contributed by atoms with Crippen LogP contribution in [-0.4, -0.2) is 29.0 Å². The molecule has 0 atom stereocenters. The van der Waals surface area contributed by atoms with Crippen LogP contribution < -0.4 is 18.9 Å². The Kier molecular flexibility index (Phi) is 7.01. The van der Waals surface area contributed by atoms with Gasteiger partial charge in [-0.2, -0.15) is 0 Å².